The average Bonchev–Trinajstić information content (AvgIpc) is 2.47. The average molecular weight is 315 g/mol. The predicted octanol–water partition coefficient (Wildman–Crippen LogP) is 3.51. The number of halogens is 2. The standard InChI is InChI=1S/C14H20Cl2N4/c15-11-9-18-13(16)20-12(11)19-10-1-3-14(4-2-10)5-7-17-8-6-14/h9-10,17H,1-8H2,(H,18,19,20). The highest BCUT2D eigenvalue weighted by Gasteiger charge is 2.36. The van der Waals surface area contributed by atoms with Crippen LogP contribution in [0.15, 0.2) is 6.20 Å². The zero-order valence-electron chi connectivity index (χ0n) is 11.5. The fourth-order valence-corrected chi connectivity index (χ4v) is 3.75. The highest BCUT2D eigenvalue weighted by Crippen LogP contribution is 2.43. The molecular formula is C14H20Cl2N4. The monoisotopic (exact) mass is 314 g/mol. The van der Waals surface area contributed by atoms with E-state index in [-0.39, 0.29) is 5.28 Å². The third-order valence-electron chi connectivity index (χ3n) is 4.77. The van der Waals surface area contributed by atoms with E-state index in [2.05, 4.69) is 20.6 Å². The van der Waals surface area contributed by atoms with E-state index in [1.165, 1.54) is 51.6 Å². The first-order valence-corrected chi connectivity index (χ1v) is 8.08. The quantitative estimate of drug-likeness (QED) is 0.820. The topological polar surface area (TPSA) is 49.8 Å². The van der Waals surface area contributed by atoms with Crippen molar-refractivity contribution in [2.45, 2.75) is 44.6 Å². The predicted molar refractivity (Wildman–Crippen MR) is 82.5 cm³/mol. The minimum absolute atomic E-state index is 0.238. The maximum absolute atomic E-state index is 6.10. The number of piperidine rings is 1. The summed E-state index contributed by atoms with van der Waals surface area (Å²) in [6.07, 6.45) is 9.14. The number of hydrogen-bond donors (Lipinski definition) is 2. The smallest absolute Gasteiger partial charge is 0.224 e. The Balaban J connectivity index is 1.59. The Hall–Kier alpha value is -0.580. The van der Waals surface area contributed by atoms with E-state index in [1.54, 1.807) is 6.20 Å². The third kappa shape index (κ3) is 3.18. The van der Waals surface area contributed by atoms with E-state index in [0.29, 0.717) is 22.3 Å². The summed E-state index contributed by atoms with van der Waals surface area (Å²) in [6, 6.07) is 0.443. The van der Waals surface area contributed by atoms with Gasteiger partial charge < -0.3 is 10.6 Å². The summed E-state index contributed by atoms with van der Waals surface area (Å²) >= 11 is 11.9. The molecule has 2 heterocycles. The van der Waals surface area contributed by atoms with Crippen LogP contribution in [-0.4, -0.2) is 29.1 Å². The van der Waals surface area contributed by atoms with Gasteiger partial charge in [0.15, 0.2) is 0 Å². The molecule has 2 N–H and O–H groups in total. The SMILES string of the molecule is Clc1ncc(Cl)c(NC2CCC3(CCNCC3)CC2)n1. The Bertz CT molecular complexity index is 464. The molecule has 0 amide bonds. The lowest BCUT2D eigenvalue weighted by atomic mass is 9.67. The van der Waals surface area contributed by atoms with Crippen LogP contribution in [0.5, 0.6) is 0 Å². The van der Waals surface area contributed by atoms with Crippen molar-refractivity contribution in [3.63, 3.8) is 0 Å². The van der Waals surface area contributed by atoms with Gasteiger partial charge >= 0.3 is 0 Å². The Morgan fingerprint density at radius 1 is 1.15 bits per heavy atom. The lowest BCUT2D eigenvalue weighted by molar-refractivity contribution is 0.128. The summed E-state index contributed by atoms with van der Waals surface area (Å²) in [7, 11) is 0. The first-order chi connectivity index (χ1) is 9.67. The first-order valence-electron chi connectivity index (χ1n) is 7.32. The van der Waals surface area contributed by atoms with E-state index < -0.39 is 0 Å². The van der Waals surface area contributed by atoms with Gasteiger partial charge in [-0.2, -0.15) is 4.98 Å². The highest BCUT2D eigenvalue weighted by atomic mass is 35.5. The fourth-order valence-electron chi connectivity index (χ4n) is 3.47. The molecular weight excluding hydrogens is 295 g/mol. The van der Waals surface area contributed by atoms with Crippen LogP contribution in [0.3, 0.4) is 0 Å². The summed E-state index contributed by atoms with van der Waals surface area (Å²) in [5.41, 5.74) is 0.580. The minimum Gasteiger partial charge on any atom is -0.366 e. The second-order valence-corrected chi connectivity index (χ2v) is 6.75. The number of nitrogens with zero attached hydrogens (tertiary/aromatic N) is 2. The van der Waals surface area contributed by atoms with Crippen LogP contribution >= 0.6 is 23.2 Å². The molecule has 1 saturated heterocycles. The lowest BCUT2D eigenvalue weighted by Crippen LogP contribution is -2.41. The van der Waals surface area contributed by atoms with Crippen LogP contribution in [0, 0.1) is 5.41 Å². The van der Waals surface area contributed by atoms with Crippen molar-refractivity contribution in [1.29, 1.82) is 0 Å². The van der Waals surface area contributed by atoms with Crippen molar-refractivity contribution in [3.8, 4) is 0 Å². The molecule has 0 bridgehead atoms. The Labute approximate surface area is 129 Å². The van der Waals surface area contributed by atoms with Gasteiger partial charge in [0.25, 0.3) is 0 Å². The van der Waals surface area contributed by atoms with Gasteiger partial charge in [-0.15, -0.1) is 0 Å². The van der Waals surface area contributed by atoms with Crippen LogP contribution in [0.1, 0.15) is 38.5 Å². The zero-order valence-corrected chi connectivity index (χ0v) is 13.0. The molecule has 2 aliphatic rings. The van der Waals surface area contributed by atoms with Crippen molar-refractivity contribution in [2.75, 3.05) is 18.4 Å². The number of anilines is 1. The Morgan fingerprint density at radius 3 is 2.55 bits per heavy atom. The van der Waals surface area contributed by atoms with Crippen LogP contribution in [-0.2, 0) is 0 Å². The molecule has 4 nitrogen and oxygen atoms in total. The molecule has 110 valence electrons. The molecule has 1 aromatic heterocycles. The van der Waals surface area contributed by atoms with Crippen molar-refractivity contribution in [1.82, 2.24) is 15.3 Å². The summed E-state index contributed by atoms with van der Waals surface area (Å²) in [5.74, 6) is 0.665. The van der Waals surface area contributed by atoms with E-state index >= 15 is 0 Å². The molecule has 1 saturated carbocycles. The second kappa shape index (κ2) is 6.04. The minimum atomic E-state index is 0.238. The van der Waals surface area contributed by atoms with Crippen LogP contribution in [0.2, 0.25) is 10.3 Å². The van der Waals surface area contributed by atoms with Gasteiger partial charge in [0.05, 0.1) is 6.20 Å². The second-order valence-electron chi connectivity index (χ2n) is 6.00. The summed E-state index contributed by atoms with van der Waals surface area (Å²) in [5, 5.41) is 7.66. The summed E-state index contributed by atoms with van der Waals surface area (Å²) < 4.78 is 0. The molecule has 0 atom stereocenters. The van der Waals surface area contributed by atoms with Gasteiger partial charge in [-0.1, -0.05) is 11.6 Å². The highest BCUT2D eigenvalue weighted by molar-refractivity contribution is 6.33. The maximum Gasteiger partial charge on any atom is 0.224 e. The van der Waals surface area contributed by atoms with Gasteiger partial charge in [-0.3, -0.25) is 0 Å². The van der Waals surface area contributed by atoms with Crippen molar-refractivity contribution in [2.24, 2.45) is 5.41 Å². The molecule has 20 heavy (non-hydrogen) atoms. The maximum atomic E-state index is 6.10. The zero-order chi connectivity index (χ0) is 14.0. The van der Waals surface area contributed by atoms with Gasteiger partial charge in [0.2, 0.25) is 5.28 Å². The molecule has 1 aromatic rings. The lowest BCUT2D eigenvalue weighted by Gasteiger charge is -2.43. The van der Waals surface area contributed by atoms with Gasteiger partial charge in [0.1, 0.15) is 10.8 Å². The summed E-state index contributed by atoms with van der Waals surface area (Å²) in [6.45, 7) is 2.34. The molecule has 1 spiro atoms. The number of rotatable bonds is 2. The van der Waals surface area contributed by atoms with Crippen molar-refractivity contribution < 1.29 is 0 Å². The molecule has 3 rings (SSSR count). The largest absolute Gasteiger partial charge is 0.366 e. The van der Waals surface area contributed by atoms with E-state index in [9.17, 15) is 0 Å². The van der Waals surface area contributed by atoms with Gasteiger partial charge in [-0.05, 0) is 68.6 Å². The van der Waals surface area contributed by atoms with Crippen molar-refractivity contribution in [3.05, 3.63) is 16.5 Å². The number of aromatic nitrogens is 2. The molecule has 0 aromatic carbocycles. The van der Waals surface area contributed by atoms with E-state index in [4.69, 9.17) is 23.2 Å². The first kappa shape index (κ1) is 14.4. The van der Waals surface area contributed by atoms with E-state index in [1.807, 2.05) is 0 Å². The van der Waals surface area contributed by atoms with Gasteiger partial charge in [-0.25, -0.2) is 4.98 Å². The molecule has 0 unspecified atom stereocenters. The molecule has 2 fully saturated rings. The Kier molecular flexibility index (Phi) is 4.34. The molecule has 0 radical (unpaired) electrons. The number of hydrogen-bond acceptors (Lipinski definition) is 4. The van der Waals surface area contributed by atoms with E-state index in [0.717, 1.165) is 0 Å². The molecule has 1 aliphatic carbocycles. The van der Waals surface area contributed by atoms with Crippen LogP contribution in [0.4, 0.5) is 5.82 Å². The number of nitrogens with one attached hydrogen (secondary N) is 2. The summed E-state index contributed by atoms with van der Waals surface area (Å²) in [4.78, 5) is 8.05. The fraction of sp³-hybridized carbons (Fsp3) is 0.714. The Morgan fingerprint density at radius 2 is 1.85 bits per heavy atom. The van der Waals surface area contributed by atoms with Gasteiger partial charge in [0, 0.05) is 6.04 Å². The molecule has 6 heteroatoms. The van der Waals surface area contributed by atoms with Crippen LogP contribution < -0.4 is 10.6 Å². The van der Waals surface area contributed by atoms with Crippen molar-refractivity contribution >= 4 is 29.0 Å². The normalized spacial score (nSPS) is 22.9. The van der Waals surface area contributed by atoms with Crippen LogP contribution in [0.25, 0.3) is 0 Å². The molecule has 1 aliphatic heterocycles. The third-order valence-corrected chi connectivity index (χ3v) is 5.22.